The van der Waals surface area contributed by atoms with Crippen LogP contribution in [-0.4, -0.2) is 31.1 Å². The normalized spacial score (nSPS) is 9.62. The third-order valence-corrected chi connectivity index (χ3v) is 2.48. The van der Waals surface area contributed by atoms with Gasteiger partial charge in [0.25, 0.3) is 0 Å². The topological polar surface area (TPSA) is 72.8 Å². The zero-order valence-corrected chi connectivity index (χ0v) is 9.98. The molecule has 0 aromatic heterocycles. The quantitative estimate of drug-likeness (QED) is 0.836. The summed E-state index contributed by atoms with van der Waals surface area (Å²) < 4.78 is 10.5. The van der Waals surface area contributed by atoms with Crippen molar-refractivity contribution in [2.45, 2.75) is 0 Å². The fraction of sp³-hybridized carbons (Fsp3) is 0.200. The maximum atomic E-state index is 10.8. The van der Waals surface area contributed by atoms with Crippen LogP contribution in [0.25, 0.3) is 0 Å². The Morgan fingerprint density at radius 1 is 1.56 bits per heavy atom. The predicted octanol–water partition coefficient (Wildman–Crippen LogP) is 1.73. The van der Waals surface area contributed by atoms with Crippen LogP contribution in [-0.2, 0) is 4.79 Å². The Labute approximate surface area is 100 Å². The number of aliphatic carboxylic acids is 1. The zero-order chi connectivity index (χ0) is 12.1. The maximum absolute atomic E-state index is 10.8. The minimum absolute atomic E-state index is 0.120. The highest BCUT2D eigenvalue weighted by Gasteiger charge is 2.14. The van der Waals surface area contributed by atoms with Crippen LogP contribution in [0.5, 0.6) is 11.5 Å². The van der Waals surface area contributed by atoms with Crippen molar-refractivity contribution in [3.63, 3.8) is 0 Å². The number of carbonyl (C=O) groups is 2. The molecule has 0 aliphatic rings. The fourth-order valence-corrected chi connectivity index (χ4v) is 1.51. The van der Waals surface area contributed by atoms with E-state index in [0.717, 1.165) is 0 Å². The number of rotatable bonds is 5. The van der Waals surface area contributed by atoms with Crippen LogP contribution in [0.15, 0.2) is 16.6 Å². The molecule has 1 N–H and O–H groups in total. The highest BCUT2D eigenvalue weighted by Crippen LogP contribution is 2.34. The lowest BCUT2D eigenvalue weighted by molar-refractivity contribution is -0.139. The van der Waals surface area contributed by atoms with Crippen molar-refractivity contribution in [1.82, 2.24) is 0 Å². The molecule has 86 valence electrons. The van der Waals surface area contributed by atoms with Crippen molar-refractivity contribution in [3.05, 3.63) is 22.2 Å². The molecule has 0 amide bonds. The Morgan fingerprint density at radius 2 is 2.25 bits per heavy atom. The summed E-state index contributed by atoms with van der Waals surface area (Å²) in [6.45, 7) is -0.534. The van der Waals surface area contributed by atoms with Crippen LogP contribution in [0, 0.1) is 0 Å². The SMILES string of the molecule is COc1ccc(Br)c(C=O)c1OCC(=O)O. The van der Waals surface area contributed by atoms with E-state index in [1.165, 1.54) is 7.11 Å². The van der Waals surface area contributed by atoms with Gasteiger partial charge in [0.2, 0.25) is 0 Å². The Kier molecular flexibility index (Phi) is 4.30. The molecule has 1 rings (SSSR count). The first-order valence-corrected chi connectivity index (χ1v) is 5.05. The average Bonchev–Trinajstić information content (AvgIpc) is 2.26. The Bertz CT molecular complexity index is 416. The predicted molar refractivity (Wildman–Crippen MR) is 59.2 cm³/mol. The summed E-state index contributed by atoms with van der Waals surface area (Å²) in [7, 11) is 1.41. The largest absolute Gasteiger partial charge is 0.493 e. The average molecular weight is 289 g/mol. The molecule has 0 unspecified atom stereocenters. The number of benzene rings is 1. The highest BCUT2D eigenvalue weighted by molar-refractivity contribution is 9.10. The van der Waals surface area contributed by atoms with E-state index in [2.05, 4.69) is 15.9 Å². The monoisotopic (exact) mass is 288 g/mol. The number of carbonyl (C=O) groups excluding carboxylic acids is 1. The number of methoxy groups -OCH3 is 1. The summed E-state index contributed by atoms with van der Waals surface area (Å²) in [6, 6.07) is 3.20. The van der Waals surface area contributed by atoms with Gasteiger partial charge in [-0.15, -0.1) is 0 Å². The maximum Gasteiger partial charge on any atom is 0.341 e. The summed E-state index contributed by atoms with van der Waals surface area (Å²) in [5.41, 5.74) is 0.223. The molecule has 5 nitrogen and oxygen atoms in total. The second-order valence-corrected chi connectivity index (χ2v) is 3.65. The minimum atomic E-state index is -1.13. The van der Waals surface area contributed by atoms with E-state index < -0.39 is 12.6 Å². The number of hydrogen-bond acceptors (Lipinski definition) is 4. The lowest BCUT2D eigenvalue weighted by Gasteiger charge is -2.12. The Hall–Kier alpha value is -1.56. The van der Waals surface area contributed by atoms with Gasteiger partial charge in [0.05, 0.1) is 12.7 Å². The van der Waals surface area contributed by atoms with E-state index in [0.29, 0.717) is 16.5 Å². The first-order valence-electron chi connectivity index (χ1n) is 4.26. The van der Waals surface area contributed by atoms with Crippen molar-refractivity contribution >= 4 is 28.2 Å². The van der Waals surface area contributed by atoms with Crippen molar-refractivity contribution in [2.75, 3.05) is 13.7 Å². The van der Waals surface area contributed by atoms with Gasteiger partial charge in [-0.1, -0.05) is 0 Å². The second kappa shape index (κ2) is 5.50. The van der Waals surface area contributed by atoms with E-state index in [1.54, 1.807) is 12.1 Å². The Balaban J connectivity index is 3.14. The van der Waals surface area contributed by atoms with E-state index in [1.807, 2.05) is 0 Å². The number of carboxylic acid groups (broad SMARTS) is 1. The number of carboxylic acids is 1. The fourth-order valence-electron chi connectivity index (χ4n) is 1.11. The number of aldehydes is 1. The van der Waals surface area contributed by atoms with Gasteiger partial charge in [0.15, 0.2) is 24.4 Å². The molecule has 0 fully saturated rings. The molecular weight excluding hydrogens is 280 g/mol. The van der Waals surface area contributed by atoms with Gasteiger partial charge in [-0.3, -0.25) is 4.79 Å². The van der Waals surface area contributed by atoms with Gasteiger partial charge in [0, 0.05) is 4.47 Å². The molecule has 1 aromatic rings. The van der Waals surface area contributed by atoms with Gasteiger partial charge in [-0.25, -0.2) is 4.79 Å². The molecule has 16 heavy (non-hydrogen) atoms. The molecular formula is C10H9BrO5. The smallest absolute Gasteiger partial charge is 0.341 e. The first kappa shape index (κ1) is 12.5. The highest BCUT2D eigenvalue weighted by atomic mass is 79.9. The van der Waals surface area contributed by atoms with Gasteiger partial charge >= 0.3 is 5.97 Å². The zero-order valence-electron chi connectivity index (χ0n) is 8.40. The summed E-state index contributed by atoms with van der Waals surface area (Å²) in [6.07, 6.45) is 0.573. The van der Waals surface area contributed by atoms with E-state index in [9.17, 15) is 9.59 Å². The van der Waals surface area contributed by atoms with E-state index >= 15 is 0 Å². The summed E-state index contributed by atoms with van der Waals surface area (Å²) in [4.78, 5) is 21.2. The minimum Gasteiger partial charge on any atom is -0.493 e. The second-order valence-electron chi connectivity index (χ2n) is 2.79. The van der Waals surface area contributed by atoms with E-state index in [-0.39, 0.29) is 11.3 Å². The molecule has 0 bridgehead atoms. The van der Waals surface area contributed by atoms with Crippen molar-refractivity contribution < 1.29 is 24.2 Å². The standard InChI is InChI=1S/C10H9BrO5/c1-15-8-3-2-7(11)6(4-12)10(8)16-5-9(13)14/h2-4H,5H2,1H3,(H,13,14). The molecule has 0 saturated carbocycles. The molecule has 0 heterocycles. The summed E-state index contributed by atoms with van der Waals surface area (Å²) >= 11 is 3.16. The van der Waals surface area contributed by atoms with Crippen LogP contribution in [0.2, 0.25) is 0 Å². The first-order chi connectivity index (χ1) is 7.60. The van der Waals surface area contributed by atoms with Crippen LogP contribution < -0.4 is 9.47 Å². The Morgan fingerprint density at radius 3 is 2.75 bits per heavy atom. The lowest BCUT2D eigenvalue weighted by atomic mass is 10.2. The summed E-state index contributed by atoms with van der Waals surface area (Å²) in [5.74, 6) is -0.695. The third kappa shape index (κ3) is 2.73. The van der Waals surface area contributed by atoms with Crippen molar-refractivity contribution in [2.24, 2.45) is 0 Å². The molecule has 0 aliphatic carbocycles. The molecule has 1 aromatic carbocycles. The van der Waals surface area contributed by atoms with Crippen LogP contribution >= 0.6 is 15.9 Å². The molecule has 0 aliphatic heterocycles. The van der Waals surface area contributed by atoms with Crippen LogP contribution in [0.1, 0.15) is 10.4 Å². The van der Waals surface area contributed by atoms with Gasteiger partial charge in [-0.2, -0.15) is 0 Å². The number of hydrogen-bond donors (Lipinski definition) is 1. The van der Waals surface area contributed by atoms with Gasteiger partial charge < -0.3 is 14.6 Å². The van der Waals surface area contributed by atoms with E-state index in [4.69, 9.17) is 14.6 Å². The molecule has 0 spiro atoms. The molecule has 0 saturated heterocycles. The molecule has 0 radical (unpaired) electrons. The van der Waals surface area contributed by atoms with Crippen LogP contribution in [0.3, 0.4) is 0 Å². The number of ether oxygens (including phenoxy) is 2. The molecule has 6 heteroatoms. The summed E-state index contributed by atoms with van der Waals surface area (Å²) in [5, 5.41) is 8.51. The lowest BCUT2D eigenvalue weighted by Crippen LogP contribution is -2.11. The van der Waals surface area contributed by atoms with Gasteiger partial charge in [-0.05, 0) is 28.1 Å². The third-order valence-electron chi connectivity index (χ3n) is 1.78. The van der Waals surface area contributed by atoms with Crippen molar-refractivity contribution in [1.29, 1.82) is 0 Å². The van der Waals surface area contributed by atoms with Crippen molar-refractivity contribution in [3.8, 4) is 11.5 Å². The molecule has 0 atom stereocenters. The van der Waals surface area contributed by atoms with Crippen LogP contribution in [0.4, 0.5) is 0 Å². The van der Waals surface area contributed by atoms with Gasteiger partial charge in [0.1, 0.15) is 0 Å². The number of halogens is 1.